The van der Waals surface area contributed by atoms with Gasteiger partial charge in [0.2, 0.25) is 0 Å². The van der Waals surface area contributed by atoms with Crippen LogP contribution in [-0.4, -0.2) is 9.97 Å². The van der Waals surface area contributed by atoms with Gasteiger partial charge in [0.05, 0.1) is 0 Å². The molecule has 1 aromatic carbocycles. The average molecular weight is 267 g/mol. The molecule has 100 valence electrons. The number of nitrogens with zero attached hydrogens (tertiary/aromatic N) is 2. The minimum atomic E-state index is -1.50. The minimum Gasteiger partial charge on any atom is -0.326 e. The molecule has 0 unspecified atom stereocenters. The summed E-state index contributed by atoms with van der Waals surface area (Å²) < 4.78 is 39.3. The molecule has 0 radical (unpaired) electrons. The lowest BCUT2D eigenvalue weighted by Gasteiger charge is -2.09. The van der Waals surface area contributed by atoms with Crippen molar-refractivity contribution >= 4 is 0 Å². The molecular weight excluding hydrogens is 255 g/mol. The third kappa shape index (κ3) is 2.44. The summed E-state index contributed by atoms with van der Waals surface area (Å²) in [6, 6.07) is 1.74. The number of rotatable bonds is 2. The van der Waals surface area contributed by atoms with Gasteiger partial charge in [-0.05, 0) is 26.0 Å². The maximum absolute atomic E-state index is 13.2. The van der Waals surface area contributed by atoms with E-state index < -0.39 is 17.5 Å². The number of hydrogen-bond donors (Lipinski definition) is 1. The van der Waals surface area contributed by atoms with E-state index in [0.29, 0.717) is 11.4 Å². The van der Waals surface area contributed by atoms with Crippen molar-refractivity contribution in [1.29, 1.82) is 0 Å². The molecule has 0 fully saturated rings. The van der Waals surface area contributed by atoms with Crippen LogP contribution in [0.2, 0.25) is 0 Å². The Hall–Kier alpha value is -1.95. The lowest BCUT2D eigenvalue weighted by molar-refractivity contribution is 0.447. The number of aryl methyl sites for hydroxylation is 2. The fourth-order valence-corrected chi connectivity index (χ4v) is 1.85. The van der Waals surface area contributed by atoms with Crippen LogP contribution in [0.15, 0.2) is 12.1 Å². The fraction of sp³-hybridized carbons (Fsp3) is 0.231. The van der Waals surface area contributed by atoms with Crippen LogP contribution >= 0.6 is 0 Å². The third-order valence-corrected chi connectivity index (χ3v) is 2.87. The molecule has 0 atom stereocenters. The van der Waals surface area contributed by atoms with E-state index in [1.807, 2.05) is 0 Å². The molecule has 1 heterocycles. The third-order valence-electron chi connectivity index (χ3n) is 2.87. The van der Waals surface area contributed by atoms with E-state index >= 15 is 0 Å². The highest BCUT2D eigenvalue weighted by Crippen LogP contribution is 2.22. The average Bonchev–Trinajstić information content (AvgIpc) is 2.35. The summed E-state index contributed by atoms with van der Waals surface area (Å²) >= 11 is 0. The normalized spacial score (nSPS) is 10.8. The number of nitrogens with two attached hydrogens (primary N) is 1. The van der Waals surface area contributed by atoms with E-state index in [1.54, 1.807) is 13.8 Å². The van der Waals surface area contributed by atoms with Crippen LogP contribution in [0.25, 0.3) is 11.4 Å². The van der Waals surface area contributed by atoms with Crippen LogP contribution in [0.5, 0.6) is 0 Å². The first kappa shape index (κ1) is 13.5. The van der Waals surface area contributed by atoms with Crippen molar-refractivity contribution in [3.05, 3.63) is 46.5 Å². The highest BCUT2D eigenvalue weighted by Gasteiger charge is 2.15. The van der Waals surface area contributed by atoms with Crippen molar-refractivity contribution in [2.24, 2.45) is 5.73 Å². The van der Waals surface area contributed by atoms with Gasteiger partial charge in [0.25, 0.3) is 0 Å². The SMILES string of the molecule is Cc1nc(-c2cc(F)c(F)c(F)c2)nc(C)c1CN. The van der Waals surface area contributed by atoms with E-state index in [4.69, 9.17) is 5.73 Å². The van der Waals surface area contributed by atoms with Crippen molar-refractivity contribution in [2.75, 3.05) is 0 Å². The largest absolute Gasteiger partial charge is 0.326 e. The second-order valence-corrected chi connectivity index (χ2v) is 4.15. The van der Waals surface area contributed by atoms with E-state index in [0.717, 1.165) is 17.7 Å². The van der Waals surface area contributed by atoms with Gasteiger partial charge >= 0.3 is 0 Å². The molecule has 0 aliphatic heterocycles. The Morgan fingerprint density at radius 2 is 1.47 bits per heavy atom. The van der Waals surface area contributed by atoms with Crippen molar-refractivity contribution in [2.45, 2.75) is 20.4 Å². The number of aromatic nitrogens is 2. The van der Waals surface area contributed by atoms with E-state index in [1.165, 1.54) is 0 Å². The Kier molecular flexibility index (Phi) is 3.53. The zero-order valence-corrected chi connectivity index (χ0v) is 10.5. The molecule has 2 aromatic rings. The van der Waals surface area contributed by atoms with E-state index in [2.05, 4.69) is 9.97 Å². The van der Waals surface area contributed by atoms with Gasteiger partial charge in [-0.3, -0.25) is 0 Å². The van der Waals surface area contributed by atoms with Crippen LogP contribution in [0.3, 0.4) is 0 Å². The Morgan fingerprint density at radius 1 is 1.00 bits per heavy atom. The highest BCUT2D eigenvalue weighted by molar-refractivity contribution is 5.56. The van der Waals surface area contributed by atoms with Gasteiger partial charge in [0.15, 0.2) is 23.3 Å². The second kappa shape index (κ2) is 4.97. The maximum Gasteiger partial charge on any atom is 0.194 e. The first-order chi connectivity index (χ1) is 8.93. The van der Waals surface area contributed by atoms with E-state index in [-0.39, 0.29) is 17.9 Å². The Balaban J connectivity index is 2.60. The molecule has 0 bridgehead atoms. The Morgan fingerprint density at radius 3 is 1.89 bits per heavy atom. The number of benzene rings is 1. The summed E-state index contributed by atoms with van der Waals surface area (Å²) in [6.45, 7) is 3.75. The van der Waals surface area contributed by atoms with E-state index in [9.17, 15) is 13.2 Å². The van der Waals surface area contributed by atoms with Crippen molar-refractivity contribution in [1.82, 2.24) is 9.97 Å². The molecule has 2 rings (SSSR count). The molecule has 0 aliphatic carbocycles. The second-order valence-electron chi connectivity index (χ2n) is 4.15. The molecular formula is C13H12F3N3. The van der Waals surface area contributed by atoms with Gasteiger partial charge < -0.3 is 5.73 Å². The summed E-state index contributed by atoms with van der Waals surface area (Å²) in [6.07, 6.45) is 0. The molecule has 6 heteroatoms. The molecule has 2 N–H and O–H groups in total. The Bertz CT molecular complexity index is 595. The molecule has 0 saturated carbocycles. The predicted octanol–water partition coefficient (Wildman–Crippen LogP) is 2.64. The zero-order chi connectivity index (χ0) is 14.2. The first-order valence-corrected chi connectivity index (χ1v) is 5.63. The first-order valence-electron chi connectivity index (χ1n) is 5.63. The van der Waals surface area contributed by atoms with Crippen LogP contribution in [0, 0.1) is 31.3 Å². The fourth-order valence-electron chi connectivity index (χ4n) is 1.85. The Labute approximate surface area is 108 Å². The topological polar surface area (TPSA) is 51.8 Å². The lowest BCUT2D eigenvalue weighted by Crippen LogP contribution is -2.07. The van der Waals surface area contributed by atoms with Gasteiger partial charge in [-0.25, -0.2) is 23.1 Å². The van der Waals surface area contributed by atoms with Gasteiger partial charge in [-0.1, -0.05) is 0 Å². The van der Waals surface area contributed by atoms with Gasteiger partial charge in [0, 0.05) is 29.1 Å². The number of halogens is 3. The molecule has 0 saturated heterocycles. The van der Waals surface area contributed by atoms with Crippen LogP contribution < -0.4 is 5.73 Å². The molecule has 19 heavy (non-hydrogen) atoms. The summed E-state index contributed by atoms with van der Waals surface area (Å²) in [5, 5.41) is 0. The highest BCUT2D eigenvalue weighted by atomic mass is 19.2. The standard InChI is InChI=1S/C13H12F3N3/c1-6-9(5-17)7(2)19-13(18-6)8-3-10(14)12(16)11(15)4-8/h3-4H,5,17H2,1-2H3. The molecule has 0 aliphatic rings. The van der Waals surface area contributed by atoms with Crippen molar-refractivity contribution in [3.63, 3.8) is 0 Å². The quantitative estimate of drug-likeness (QED) is 0.851. The minimum absolute atomic E-state index is 0.0890. The van der Waals surface area contributed by atoms with Gasteiger partial charge in [-0.2, -0.15) is 0 Å². The van der Waals surface area contributed by atoms with Crippen LogP contribution in [0.4, 0.5) is 13.2 Å². The zero-order valence-electron chi connectivity index (χ0n) is 10.5. The molecule has 3 nitrogen and oxygen atoms in total. The van der Waals surface area contributed by atoms with Crippen molar-refractivity contribution in [3.8, 4) is 11.4 Å². The van der Waals surface area contributed by atoms with Gasteiger partial charge in [-0.15, -0.1) is 0 Å². The summed E-state index contributed by atoms with van der Waals surface area (Å²) in [5.74, 6) is -3.89. The summed E-state index contributed by atoms with van der Waals surface area (Å²) in [5.41, 5.74) is 7.70. The molecule has 1 aromatic heterocycles. The summed E-state index contributed by atoms with van der Waals surface area (Å²) in [4.78, 5) is 8.28. The monoisotopic (exact) mass is 267 g/mol. The van der Waals surface area contributed by atoms with Crippen molar-refractivity contribution < 1.29 is 13.2 Å². The summed E-state index contributed by atoms with van der Waals surface area (Å²) in [7, 11) is 0. The molecule has 0 amide bonds. The smallest absolute Gasteiger partial charge is 0.194 e. The predicted molar refractivity (Wildman–Crippen MR) is 64.7 cm³/mol. The van der Waals surface area contributed by atoms with Crippen LogP contribution in [-0.2, 0) is 6.54 Å². The van der Waals surface area contributed by atoms with Crippen LogP contribution in [0.1, 0.15) is 17.0 Å². The maximum atomic E-state index is 13.2. The lowest BCUT2D eigenvalue weighted by atomic mass is 10.1. The molecule has 0 spiro atoms. The van der Waals surface area contributed by atoms with Gasteiger partial charge in [0.1, 0.15) is 0 Å². The number of hydrogen-bond acceptors (Lipinski definition) is 3.